The molecule has 2 aromatic carbocycles. The largest absolute Gasteiger partial charge is 0.358 e. The summed E-state index contributed by atoms with van der Waals surface area (Å²) in [6.07, 6.45) is 8.76. The summed E-state index contributed by atoms with van der Waals surface area (Å²) in [5, 5.41) is 4.50. The highest BCUT2D eigenvalue weighted by Crippen LogP contribution is 2.31. The zero-order chi connectivity index (χ0) is 22.4. The number of aromatic nitrogens is 1. The summed E-state index contributed by atoms with van der Waals surface area (Å²) in [4.78, 5) is 31.2. The van der Waals surface area contributed by atoms with Crippen molar-refractivity contribution >= 4 is 22.7 Å². The van der Waals surface area contributed by atoms with Crippen LogP contribution in [0.5, 0.6) is 0 Å². The number of carbonyl (C=O) groups excluding carboxylic acids is 2. The van der Waals surface area contributed by atoms with Gasteiger partial charge in [0.25, 0.3) is 11.8 Å². The molecule has 1 aromatic heterocycles. The van der Waals surface area contributed by atoms with Crippen LogP contribution in [0.3, 0.4) is 0 Å². The number of nitrogens with one attached hydrogen (secondary N) is 2. The van der Waals surface area contributed by atoms with E-state index in [4.69, 9.17) is 0 Å². The maximum Gasteiger partial charge on any atom is 0.254 e. The predicted octanol–water partition coefficient (Wildman–Crippen LogP) is 4.99. The summed E-state index contributed by atoms with van der Waals surface area (Å²) < 4.78 is 0. The molecule has 3 aromatic rings. The molecule has 1 aliphatic heterocycles. The van der Waals surface area contributed by atoms with Gasteiger partial charge in [-0.15, -0.1) is 0 Å². The molecule has 170 valence electrons. The zero-order valence-corrected chi connectivity index (χ0v) is 19.0. The van der Waals surface area contributed by atoms with E-state index < -0.39 is 0 Å². The van der Waals surface area contributed by atoms with Gasteiger partial charge in [-0.1, -0.05) is 18.2 Å². The molecular weight excluding hydrogens is 410 g/mol. The van der Waals surface area contributed by atoms with Crippen LogP contribution in [-0.4, -0.2) is 34.3 Å². The van der Waals surface area contributed by atoms with Gasteiger partial charge in [-0.25, -0.2) is 0 Å². The van der Waals surface area contributed by atoms with Gasteiger partial charge in [-0.3, -0.25) is 9.59 Å². The lowest BCUT2D eigenvalue weighted by molar-refractivity contribution is 0.0732. The number of nitrogens with zero attached hydrogens (tertiary/aromatic N) is 1. The average Bonchev–Trinajstić information content (AvgIpc) is 3.37. The average molecular weight is 442 g/mol. The predicted molar refractivity (Wildman–Crippen MR) is 129 cm³/mol. The minimum atomic E-state index is 0.0382. The Morgan fingerprint density at radius 2 is 1.85 bits per heavy atom. The van der Waals surface area contributed by atoms with Crippen molar-refractivity contribution in [1.82, 2.24) is 15.2 Å². The minimum Gasteiger partial charge on any atom is -0.358 e. The van der Waals surface area contributed by atoms with Crippen molar-refractivity contribution in [3.05, 3.63) is 70.4 Å². The molecule has 1 fully saturated rings. The monoisotopic (exact) mass is 441 g/mol. The fourth-order valence-electron chi connectivity index (χ4n) is 6.08. The summed E-state index contributed by atoms with van der Waals surface area (Å²) in [5.41, 5.74) is 6.68. The molecule has 3 aliphatic rings. The highest BCUT2D eigenvalue weighted by atomic mass is 16.2. The van der Waals surface area contributed by atoms with E-state index in [1.54, 1.807) is 0 Å². The molecule has 0 spiro atoms. The Hall–Kier alpha value is -3.08. The second-order valence-corrected chi connectivity index (χ2v) is 10.1. The topological polar surface area (TPSA) is 65.2 Å². The number of aryl methyl sites for hydroxylation is 2. The molecule has 0 radical (unpaired) electrons. The molecule has 0 saturated heterocycles. The third-order valence-electron chi connectivity index (χ3n) is 7.92. The van der Waals surface area contributed by atoms with Crippen LogP contribution >= 0.6 is 0 Å². The van der Waals surface area contributed by atoms with E-state index in [2.05, 4.69) is 28.5 Å². The lowest BCUT2D eigenvalue weighted by atomic mass is 9.85. The number of hydrogen-bond acceptors (Lipinski definition) is 2. The molecule has 2 aliphatic carbocycles. The van der Waals surface area contributed by atoms with E-state index in [0.29, 0.717) is 5.92 Å². The third-order valence-corrected chi connectivity index (χ3v) is 7.92. The fourth-order valence-corrected chi connectivity index (χ4v) is 6.08. The van der Waals surface area contributed by atoms with E-state index in [1.807, 2.05) is 29.2 Å². The van der Waals surface area contributed by atoms with Crippen LogP contribution in [0, 0.1) is 5.92 Å². The summed E-state index contributed by atoms with van der Waals surface area (Å²) in [6, 6.07) is 14.2. The first-order valence-electron chi connectivity index (χ1n) is 12.5. The number of aromatic amines is 1. The van der Waals surface area contributed by atoms with E-state index in [1.165, 1.54) is 29.5 Å². The second kappa shape index (κ2) is 8.36. The van der Waals surface area contributed by atoms with Gasteiger partial charge < -0.3 is 15.2 Å². The number of amides is 2. The first-order chi connectivity index (χ1) is 16.2. The number of rotatable bonds is 4. The molecule has 2 amide bonds. The van der Waals surface area contributed by atoms with E-state index in [9.17, 15) is 9.59 Å². The molecule has 5 nitrogen and oxygen atoms in total. The first-order valence-corrected chi connectivity index (χ1v) is 12.5. The first kappa shape index (κ1) is 20.5. The number of hydrogen-bond donors (Lipinski definition) is 2. The van der Waals surface area contributed by atoms with Crippen LogP contribution in [0.4, 0.5) is 0 Å². The lowest BCUT2D eigenvalue weighted by Gasteiger charge is -2.31. The Morgan fingerprint density at radius 3 is 2.70 bits per heavy atom. The van der Waals surface area contributed by atoms with Crippen molar-refractivity contribution in [2.24, 2.45) is 5.92 Å². The van der Waals surface area contributed by atoms with E-state index in [0.717, 1.165) is 73.8 Å². The maximum absolute atomic E-state index is 13.0. The van der Waals surface area contributed by atoms with Crippen molar-refractivity contribution in [1.29, 1.82) is 0 Å². The van der Waals surface area contributed by atoms with Crippen molar-refractivity contribution in [3.8, 4) is 0 Å². The van der Waals surface area contributed by atoms with Gasteiger partial charge in [0.2, 0.25) is 0 Å². The number of carbonyl (C=O) groups is 2. The third kappa shape index (κ3) is 3.84. The van der Waals surface area contributed by atoms with E-state index in [-0.39, 0.29) is 17.9 Å². The van der Waals surface area contributed by atoms with Gasteiger partial charge in [0.05, 0.1) is 0 Å². The highest BCUT2D eigenvalue weighted by Gasteiger charge is 2.31. The van der Waals surface area contributed by atoms with Crippen molar-refractivity contribution in [3.63, 3.8) is 0 Å². The summed E-state index contributed by atoms with van der Waals surface area (Å²) in [7, 11) is 0. The van der Waals surface area contributed by atoms with Gasteiger partial charge >= 0.3 is 0 Å². The van der Waals surface area contributed by atoms with Gasteiger partial charge in [0.1, 0.15) is 0 Å². The van der Waals surface area contributed by atoms with Crippen LogP contribution in [0.2, 0.25) is 0 Å². The van der Waals surface area contributed by atoms with Crippen LogP contribution in [0.15, 0.2) is 42.5 Å². The van der Waals surface area contributed by atoms with E-state index >= 15 is 0 Å². The fraction of sp³-hybridized carbons (Fsp3) is 0.429. The standard InChI is InChI=1S/C28H31N3O2/c32-27(19-11-14-26-24(15-19)23-7-3-4-8-25(23)30-26)29-21-12-9-18(10-13-21)16-31-17-20-5-1-2-6-22(20)28(31)33/h1-2,5-6,11,14-15,18,21,30H,3-4,7-10,12-13,16-17H2,(H,29,32). The summed E-state index contributed by atoms with van der Waals surface area (Å²) >= 11 is 0. The maximum atomic E-state index is 13.0. The molecule has 2 N–H and O–H groups in total. The molecule has 0 atom stereocenters. The molecule has 0 unspecified atom stereocenters. The van der Waals surface area contributed by atoms with Gasteiger partial charge in [-0.05, 0) is 92.7 Å². The van der Waals surface area contributed by atoms with Gasteiger partial charge in [0.15, 0.2) is 0 Å². The molecule has 2 heterocycles. The SMILES string of the molecule is O=C(NC1CCC(CN2Cc3ccccc3C2=O)CC1)c1ccc2[nH]c3c(c2c1)CCCC3. The molecule has 33 heavy (non-hydrogen) atoms. The van der Waals surface area contributed by atoms with Crippen molar-refractivity contribution in [2.45, 2.75) is 64.0 Å². The van der Waals surface area contributed by atoms with Crippen LogP contribution in [0.25, 0.3) is 10.9 Å². The molecule has 0 bridgehead atoms. The summed E-state index contributed by atoms with van der Waals surface area (Å²) in [5.74, 6) is 0.721. The number of benzene rings is 2. The summed E-state index contributed by atoms with van der Waals surface area (Å²) in [6.45, 7) is 1.56. The quantitative estimate of drug-likeness (QED) is 0.599. The Kier molecular flexibility index (Phi) is 5.20. The molecular formula is C28H31N3O2. The number of fused-ring (bicyclic) bond motifs is 4. The lowest BCUT2D eigenvalue weighted by Crippen LogP contribution is -2.39. The molecule has 5 heteroatoms. The van der Waals surface area contributed by atoms with Crippen LogP contribution in [0.1, 0.15) is 76.1 Å². The van der Waals surface area contributed by atoms with Crippen LogP contribution in [-0.2, 0) is 19.4 Å². The normalized spacial score (nSPS) is 22.3. The zero-order valence-electron chi connectivity index (χ0n) is 19.0. The van der Waals surface area contributed by atoms with Crippen molar-refractivity contribution < 1.29 is 9.59 Å². The Morgan fingerprint density at radius 1 is 1.03 bits per heavy atom. The smallest absolute Gasteiger partial charge is 0.254 e. The molecule has 6 rings (SSSR count). The highest BCUT2D eigenvalue weighted by molar-refractivity contribution is 5.99. The Bertz CT molecular complexity index is 1220. The van der Waals surface area contributed by atoms with Gasteiger partial charge in [-0.2, -0.15) is 0 Å². The number of H-pyrrole nitrogens is 1. The van der Waals surface area contributed by atoms with Crippen molar-refractivity contribution in [2.75, 3.05) is 6.54 Å². The van der Waals surface area contributed by atoms with Crippen LogP contribution < -0.4 is 5.32 Å². The Balaban J connectivity index is 1.05. The minimum absolute atomic E-state index is 0.0382. The Labute approximate surface area is 194 Å². The second-order valence-electron chi connectivity index (χ2n) is 10.1. The molecule has 1 saturated carbocycles. The van der Waals surface area contributed by atoms with Gasteiger partial charge in [0, 0.05) is 46.9 Å².